The van der Waals surface area contributed by atoms with E-state index in [2.05, 4.69) is 10.7 Å². The molecule has 1 rings (SSSR count). The standard InChI is InChI=1S/C11H6F4O5S/c1-2-3-4-5(16)20-10-8(14)6(12)7(13)9(15)11(10)21(17,18)19/h2H2,1H3,(H,17,18,19). The molecule has 114 valence electrons. The molecule has 5 nitrogen and oxygen atoms in total. The summed E-state index contributed by atoms with van der Waals surface area (Å²) in [5, 5.41) is 0. The minimum Gasteiger partial charge on any atom is -0.412 e. The molecule has 1 N–H and O–H groups in total. The van der Waals surface area contributed by atoms with Crippen molar-refractivity contribution in [3.8, 4) is 17.6 Å². The summed E-state index contributed by atoms with van der Waals surface area (Å²) in [7, 11) is -5.54. The Bertz CT molecular complexity index is 761. The molecular formula is C11H6F4O5S. The van der Waals surface area contributed by atoms with Crippen molar-refractivity contribution in [3.63, 3.8) is 0 Å². The van der Waals surface area contributed by atoms with Gasteiger partial charge < -0.3 is 4.74 Å². The third-order valence-electron chi connectivity index (χ3n) is 2.00. The van der Waals surface area contributed by atoms with Gasteiger partial charge in [0.1, 0.15) is 0 Å². The van der Waals surface area contributed by atoms with E-state index in [-0.39, 0.29) is 6.42 Å². The molecule has 0 spiro atoms. The van der Waals surface area contributed by atoms with Crippen LogP contribution in [0.3, 0.4) is 0 Å². The van der Waals surface area contributed by atoms with Gasteiger partial charge in [-0.25, -0.2) is 18.0 Å². The quantitative estimate of drug-likeness (QED) is 0.131. The minimum atomic E-state index is -5.54. The zero-order chi connectivity index (χ0) is 16.4. The number of esters is 1. The predicted octanol–water partition coefficient (Wildman–Crippen LogP) is 1.81. The van der Waals surface area contributed by atoms with Gasteiger partial charge >= 0.3 is 16.1 Å². The molecule has 0 aromatic heterocycles. The molecule has 0 aliphatic heterocycles. The fraction of sp³-hybridized carbons (Fsp3) is 0.182. The second kappa shape index (κ2) is 6.11. The fourth-order valence-corrected chi connectivity index (χ4v) is 1.87. The third kappa shape index (κ3) is 3.50. The highest BCUT2D eigenvalue weighted by Gasteiger charge is 2.34. The molecule has 0 atom stereocenters. The van der Waals surface area contributed by atoms with Crippen LogP contribution < -0.4 is 4.74 Å². The number of carbonyl (C=O) groups is 1. The predicted molar refractivity (Wildman–Crippen MR) is 59.8 cm³/mol. The highest BCUT2D eigenvalue weighted by Crippen LogP contribution is 2.33. The Morgan fingerprint density at radius 1 is 1.14 bits per heavy atom. The van der Waals surface area contributed by atoms with Crippen LogP contribution in [0.1, 0.15) is 13.3 Å². The first-order chi connectivity index (χ1) is 9.61. The van der Waals surface area contributed by atoms with Crippen molar-refractivity contribution in [2.24, 2.45) is 0 Å². The lowest BCUT2D eigenvalue weighted by Gasteiger charge is -2.09. The summed E-state index contributed by atoms with van der Waals surface area (Å²) >= 11 is 0. The van der Waals surface area contributed by atoms with Crippen molar-refractivity contribution in [1.82, 2.24) is 0 Å². The van der Waals surface area contributed by atoms with E-state index in [1.165, 1.54) is 6.92 Å². The van der Waals surface area contributed by atoms with Gasteiger partial charge in [0.2, 0.25) is 11.6 Å². The number of hydrogen-bond donors (Lipinski definition) is 1. The smallest absolute Gasteiger partial charge is 0.389 e. The first kappa shape index (κ1) is 16.9. The van der Waals surface area contributed by atoms with Gasteiger partial charge in [0.15, 0.2) is 22.3 Å². The average Bonchev–Trinajstić information content (AvgIpc) is 2.38. The van der Waals surface area contributed by atoms with Gasteiger partial charge in [0, 0.05) is 12.3 Å². The highest BCUT2D eigenvalue weighted by molar-refractivity contribution is 7.86. The molecule has 0 bridgehead atoms. The summed E-state index contributed by atoms with van der Waals surface area (Å²) in [6.07, 6.45) is 0.175. The maximum absolute atomic E-state index is 13.4. The number of rotatable bonds is 2. The van der Waals surface area contributed by atoms with E-state index in [1.807, 2.05) is 0 Å². The Hall–Kier alpha value is -2.12. The van der Waals surface area contributed by atoms with E-state index in [4.69, 9.17) is 4.55 Å². The maximum Gasteiger partial charge on any atom is 0.389 e. The van der Waals surface area contributed by atoms with Gasteiger partial charge in [-0.1, -0.05) is 12.8 Å². The minimum absolute atomic E-state index is 0.175. The summed E-state index contributed by atoms with van der Waals surface area (Å²) in [5.41, 5.74) is 0. The van der Waals surface area contributed by atoms with E-state index < -0.39 is 50.0 Å². The Balaban J connectivity index is 3.60. The molecule has 21 heavy (non-hydrogen) atoms. The van der Waals surface area contributed by atoms with Crippen LogP contribution in [0.5, 0.6) is 5.75 Å². The summed E-state index contributed by atoms with van der Waals surface area (Å²) in [6, 6.07) is 0. The van der Waals surface area contributed by atoms with Crippen molar-refractivity contribution in [1.29, 1.82) is 0 Å². The summed E-state index contributed by atoms with van der Waals surface area (Å²) < 4.78 is 87.4. The van der Waals surface area contributed by atoms with Crippen LogP contribution in [0, 0.1) is 35.1 Å². The van der Waals surface area contributed by atoms with Crippen molar-refractivity contribution in [2.75, 3.05) is 0 Å². The lowest BCUT2D eigenvalue weighted by Crippen LogP contribution is -2.15. The van der Waals surface area contributed by atoms with E-state index in [0.717, 1.165) is 0 Å². The van der Waals surface area contributed by atoms with Crippen LogP contribution in [0.4, 0.5) is 17.6 Å². The van der Waals surface area contributed by atoms with E-state index in [9.17, 15) is 30.8 Å². The Kier molecular flexibility index (Phi) is 4.93. The van der Waals surface area contributed by atoms with Crippen molar-refractivity contribution < 1.29 is 40.1 Å². The average molecular weight is 326 g/mol. The van der Waals surface area contributed by atoms with Gasteiger partial charge in [-0.05, 0) is 0 Å². The largest absolute Gasteiger partial charge is 0.412 e. The lowest BCUT2D eigenvalue weighted by atomic mass is 10.3. The zero-order valence-electron chi connectivity index (χ0n) is 10.2. The normalized spacial score (nSPS) is 10.8. The highest BCUT2D eigenvalue weighted by atomic mass is 32.2. The number of benzene rings is 1. The molecular weight excluding hydrogens is 320 g/mol. The molecule has 10 heteroatoms. The van der Waals surface area contributed by atoms with Crippen molar-refractivity contribution in [2.45, 2.75) is 18.2 Å². The molecule has 0 radical (unpaired) electrons. The molecule has 0 unspecified atom stereocenters. The molecule has 0 aliphatic carbocycles. The van der Waals surface area contributed by atoms with Gasteiger partial charge in [0.25, 0.3) is 0 Å². The maximum atomic E-state index is 13.4. The van der Waals surface area contributed by atoms with Crippen molar-refractivity contribution in [3.05, 3.63) is 23.3 Å². The van der Waals surface area contributed by atoms with Gasteiger partial charge in [-0.15, -0.1) is 0 Å². The second-order valence-electron chi connectivity index (χ2n) is 3.43. The van der Waals surface area contributed by atoms with Crippen LogP contribution in [-0.4, -0.2) is 18.9 Å². The topological polar surface area (TPSA) is 80.7 Å². The molecule has 0 saturated heterocycles. The summed E-state index contributed by atoms with van der Waals surface area (Å²) in [5.74, 6) is -9.08. The molecule has 0 amide bonds. The fourth-order valence-electron chi connectivity index (χ4n) is 1.19. The number of hydrogen-bond acceptors (Lipinski definition) is 4. The van der Waals surface area contributed by atoms with Crippen LogP contribution in [0.15, 0.2) is 4.90 Å². The summed E-state index contributed by atoms with van der Waals surface area (Å²) in [6.45, 7) is 1.53. The Morgan fingerprint density at radius 2 is 1.67 bits per heavy atom. The molecule has 0 saturated carbocycles. The SMILES string of the molecule is CCC#CC(=O)Oc1c(F)c(F)c(F)c(F)c1S(=O)(=O)O. The van der Waals surface area contributed by atoms with Crippen LogP contribution in [-0.2, 0) is 14.9 Å². The molecule has 0 aliphatic rings. The molecule has 1 aromatic rings. The third-order valence-corrected chi connectivity index (χ3v) is 2.88. The molecule has 0 heterocycles. The monoisotopic (exact) mass is 326 g/mol. The Morgan fingerprint density at radius 3 is 2.14 bits per heavy atom. The number of carbonyl (C=O) groups excluding carboxylic acids is 1. The second-order valence-corrected chi connectivity index (χ2v) is 4.79. The first-order valence-electron chi connectivity index (χ1n) is 5.15. The van der Waals surface area contributed by atoms with Crippen LogP contribution in [0.25, 0.3) is 0 Å². The van der Waals surface area contributed by atoms with Crippen molar-refractivity contribution >= 4 is 16.1 Å². The van der Waals surface area contributed by atoms with Gasteiger partial charge in [-0.3, -0.25) is 4.55 Å². The van der Waals surface area contributed by atoms with Crippen LogP contribution >= 0.6 is 0 Å². The molecule has 0 fully saturated rings. The zero-order valence-corrected chi connectivity index (χ0v) is 11.0. The van der Waals surface area contributed by atoms with Crippen LogP contribution in [0.2, 0.25) is 0 Å². The molecule has 1 aromatic carbocycles. The Labute approximate surface area is 116 Å². The van der Waals surface area contributed by atoms with E-state index in [1.54, 1.807) is 5.92 Å². The number of ether oxygens (including phenoxy) is 1. The summed E-state index contributed by atoms with van der Waals surface area (Å²) in [4.78, 5) is 9.10. The first-order valence-corrected chi connectivity index (χ1v) is 6.59. The van der Waals surface area contributed by atoms with Gasteiger partial charge in [0.05, 0.1) is 0 Å². The van der Waals surface area contributed by atoms with Gasteiger partial charge in [-0.2, -0.15) is 12.8 Å². The lowest BCUT2D eigenvalue weighted by molar-refractivity contribution is -0.128. The van der Waals surface area contributed by atoms with E-state index >= 15 is 0 Å². The van der Waals surface area contributed by atoms with E-state index in [0.29, 0.717) is 0 Å². The number of halogens is 4.